The normalized spacial score (nSPS) is 15.9. The molecule has 160 valence electrons. The average Bonchev–Trinajstić information content (AvgIpc) is 2.77. The predicted octanol–water partition coefficient (Wildman–Crippen LogP) is 6.77. The van der Waals surface area contributed by atoms with E-state index >= 15 is 0 Å². The molecule has 1 N–H and O–H groups in total. The van der Waals surface area contributed by atoms with Gasteiger partial charge in [0.15, 0.2) is 5.71 Å². The van der Waals surface area contributed by atoms with Crippen LogP contribution in [0.1, 0.15) is 61.3 Å². The first kappa shape index (κ1) is 21.2. The molecule has 0 saturated carbocycles. The molecule has 0 bridgehead atoms. The van der Waals surface area contributed by atoms with Gasteiger partial charge in [0.2, 0.25) is 5.69 Å². The van der Waals surface area contributed by atoms with Crippen LogP contribution in [0.15, 0.2) is 54.6 Å². The second-order valence-electron chi connectivity index (χ2n) is 8.96. The molecule has 0 saturated heterocycles. The van der Waals surface area contributed by atoms with Gasteiger partial charge in [-0.25, -0.2) is 0 Å². The topological polar surface area (TPSA) is 32.5 Å². The Balaban J connectivity index is 1.97. The number of rotatable bonds is 4. The summed E-state index contributed by atoms with van der Waals surface area (Å²) in [6.07, 6.45) is 0.882. The zero-order chi connectivity index (χ0) is 22.3. The summed E-state index contributed by atoms with van der Waals surface area (Å²) in [4.78, 5) is 0. The molecule has 3 aromatic carbocycles. The van der Waals surface area contributed by atoms with Gasteiger partial charge in [-0.05, 0) is 42.5 Å². The maximum atomic E-state index is 11.5. The van der Waals surface area contributed by atoms with Gasteiger partial charge in [0.05, 0.1) is 12.7 Å². The van der Waals surface area contributed by atoms with E-state index in [4.69, 9.17) is 4.74 Å². The van der Waals surface area contributed by atoms with E-state index in [2.05, 4.69) is 63.6 Å². The van der Waals surface area contributed by atoms with E-state index in [1.807, 2.05) is 30.3 Å². The maximum Gasteiger partial charge on any atom is 0.212 e. The molecule has 1 atom stereocenters. The number of hydrogen-bond acceptors (Lipinski definition) is 2. The lowest BCUT2D eigenvalue weighted by Gasteiger charge is -2.25. The Morgan fingerprint density at radius 1 is 1.00 bits per heavy atom. The molecule has 1 aliphatic heterocycles. The van der Waals surface area contributed by atoms with Gasteiger partial charge in [0.1, 0.15) is 18.5 Å². The summed E-state index contributed by atoms with van der Waals surface area (Å²) in [5, 5.41) is 11.5. The van der Waals surface area contributed by atoms with Crippen molar-refractivity contribution in [2.24, 2.45) is 0 Å². The molecule has 31 heavy (non-hydrogen) atoms. The minimum Gasteiger partial charge on any atom is -0.506 e. The lowest BCUT2D eigenvalue weighted by molar-refractivity contribution is -0.409. The van der Waals surface area contributed by atoms with Crippen LogP contribution in [0.25, 0.3) is 11.1 Å². The highest BCUT2D eigenvalue weighted by molar-refractivity contribution is 6.03. The van der Waals surface area contributed by atoms with Crippen molar-refractivity contribution in [2.75, 3.05) is 14.2 Å². The van der Waals surface area contributed by atoms with Gasteiger partial charge < -0.3 is 9.84 Å². The first-order valence-corrected chi connectivity index (χ1v) is 11.0. The maximum absolute atomic E-state index is 11.5. The number of ether oxygens (including phenoxy) is 1. The lowest BCUT2D eigenvalue weighted by Crippen LogP contribution is -2.24. The van der Waals surface area contributed by atoms with Crippen LogP contribution in [0, 0.1) is 6.92 Å². The number of benzene rings is 3. The van der Waals surface area contributed by atoms with E-state index in [-0.39, 0.29) is 0 Å². The first-order chi connectivity index (χ1) is 14.8. The Bertz CT molecular complexity index is 1170. The molecule has 0 aliphatic carbocycles. The monoisotopic (exact) mass is 414 g/mol. The minimum absolute atomic E-state index is 0.314. The van der Waals surface area contributed by atoms with E-state index in [0.717, 1.165) is 40.1 Å². The molecule has 1 aliphatic rings. The van der Waals surface area contributed by atoms with Gasteiger partial charge in [0.25, 0.3) is 0 Å². The summed E-state index contributed by atoms with van der Waals surface area (Å²) in [5.41, 5.74) is 8.91. The standard InChI is InChI=1S/C28H31NO2/c1-17(2)20-11-9-12-21-19(4)16-25(29(5)27(20)21)24-15-18(3)14-23(28(24)30)22-10-7-8-13-26(22)31-6/h7-15,17,19H,16H2,1-6H3/p+1. The predicted molar refractivity (Wildman–Crippen MR) is 128 cm³/mol. The third kappa shape index (κ3) is 3.63. The number of nitrogens with zero attached hydrogens (tertiary/aromatic N) is 1. The molecular weight excluding hydrogens is 382 g/mol. The number of phenols is 1. The summed E-state index contributed by atoms with van der Waals surface area (Å²) < 4.78 is 7.88. The van der Waals surface area contributed by atoms with E-state index < -0.39 is 0 Å². The van der Waals surface area contributed by atoms with Crippen LogP contribution in [0.5, 0.6) is 11.5 Å². The number of methoxy groups -OCH3 is 1. The summed E-state index contributed by atoms with van der Waals surface area (Å²) >= 11 is 0. The van der Waals surface area contributed by atoms with Crippen molar-refractivity contribution in [1.29, 1.82) is 0 Å². The molecular formula is C28H32NO2+. The second-order valence-corrected chi connectivity index (χ2v) is 8.96. The van der Waals surface area contributed by atoms with E-state index in [9.17, 15) is 5.11 Å². The van der Waals surface area contributed by atoms with Gasteiger partial charge >= 0.3 is 0 Å². The van der Waals surface area contributed by atoms with Crippen molar-refractivity contribution in [1.82, 2.24) is 0 Å². The Hall–Kier alpha value is -3.07. The highest BCUT2D eigenvalue weighted by atomic mass is 16.5. The summed E-state index contributed by atoms with van der Waals surface area (Å²) in [7, 11) is 3.80. The molecule has 1 unspecified atom stereocenters. The van der Waals surface area contributed by atoms with Gasteiger partial charge in [0, 0.05) is 28.7 Å². The lowest BCUT2D eigenvalue weighted by atomic mass is 9.83. The quantitative estimate of drug-likeness (QED) is 0.478. The molecule has 0 amide bonds. The number of para-hydroxylation sites is 2. The highest BCUT2D eigenvalue weighted by Gasteiger charge is 2.34. The Morgan fingerprint density at radius 2 is 1.71 bits per heavy atom. The fourth-order valence-electron chi connectivity index (χ4n) is 4.86. The minimum atomic E-state index is 0.314. The fourth-order valence-corrected chi connectivity index (χ4v) is 4.86. The number of phenolic OH excluding ortho intramolecular Hbond substituents is 1. The SMILES string of the molecule is COc1ccccc1-c1cc(C)cc(C2=[N+](C)c3c(C(C)C)cccc3C(C)C2)c1O. The van der Waals surface area contributed by atoms with Gasteiger partial charge in [-0.2, -0.15) is 4.58 Å². The zero-order valence-corrected chi connectivity index (χ0v) is 19.4. The van der Waals surface area contributed by atoms with Crippen LogP contribution in [-0.4, -0.2) is 29.6 Å². The van der Waals surface area contributed by atoms with Crippen LogP contribution in [0.2, 0.25) is 0 Å². The number of aryl methyl sites for hydroxylation is 1. The largest absolute Gasteiger partial charge is 0.506 e. The third-order valence-electron chi connectivity index (χ3n) is 6.45. The molecule has 4 rings (SSSR count). The van der Waals surface area contributed by atoms with Gasteiger partial charge in [-0.15, -0.1) is 0 Å². The third-order valence-corrected chi connectivity index (χ3v) is 6.45. The van der Waals surface area contributed by atoms with Crippen molar-refractivity contribution in [3.63, 3.8) is 0 Å². The van der Waals surface area contributed by atoms with Crippen LogP contribution in [0.4, 0.5) is 5.69 Å². The summed E-state index contributed by atoms with van der Waals surface area (Å²) in [5.74, 6) is 1.89. The van der Waals surface area contributed by atoms with Crippen molar-refractivity contribution < 1.29 is 14.4 Å². The van der Waals surface area contributed by atoms with Crippen molar-refractivity contribution in [2.45, 2.75) is 46.0 Å². The first-order valence-electron chi connectivity index (χ1n) is 11.0. The molecule has 1 heterocycles. The Morgan fingerprint density at radius 3 is 2.42 bits per heavy atom. The molecule has 0 aromatic heterocycles. The Labute approximate surface area is 185 Å². The number of fused-ring (bicyclic) bond motifs is 1. The smallest absolute Gasteiger partial charge is 0.212 e. The highest BCUT2D eigenvalue weighted by Crippen LogP contribution is 2.43. The van der Waals surface area contributed by atoms with Crippen molar-refractivity contribution in [3.8, 4) is 22.6 Å². The molecule has 0 radical (unpaired) electrons. The number of aromatic hydroxyl groups is 1. The molecule has 3 heteroatoms. The van der Waals surface area contributed by atoms with Gasteiger partial charge in [-0.1, -0.05) is 57.2 Å². The van der Waals surface area contributed by atoms with Crippen molar-refractivity contribution >= 4 is 11.4 Å². The fraction of sp³-hybridized carbons (Fsp3) is 0.321. The second kappa shape index (κ2) is 8.22. The molecule has 3 nitrogen and oxygen atoms in total. The van der Waals surface area contributed by atoms with Crippen LogP contribution < -0.4 is 4.74 Å². The van der Waals surface area contributed by atoms with Gasteiger partial charge in [-0.3, -0.25) is 0 Å². The Kier molecular flexibility index (Phi) is 5.62. The summed E-state index contributed by atoms with van der Waals surface area (Å²) in [6, 6.07) is 18.7. The van der Waals surface area contributed by atoms with Crippen molar-refractivity contribution in [3.05, 3.63) is 76.9 Å². The van der Waals surface area contributed by atoms with Crippen LogP contribution in [0.3, 0.4) is 0 Å². The van der Waals surface area contributed by atoms with Crippen LogP contribution in [-0.2, 0) is 0 Å². The summed E-state index contributed by atoms with van der Waals surface area (Å²) in [6.45, 7) is 8.85. The van der Waals surface area contributed by atoms with E-state index in [0.29, 0.717) is 17.6 Å². The van der Waals surface area contributed by atoms with E-state index in [1.54, 1.807) is 7.11 Å². The molecule has 3 aromatic rings. The van der Waals surface area contributed by atoms with Crippen LogP contribution >= 0.6 is 0 Å². The number of hydrogen-bond donors (Lipinski definition) is 1. The van der Waals surface area contributed by atoms with E-state index in [1.165, 1.54) is 16.8 Å². The molecule has 0 spiro atoms. The molecule has 0 fully saturated rings. The average molecular weight is 415 g/mol. The zero-order valence-electron chi connectivity index (χ0n) is 19.4.